The zero-order chi connectivity index (χ0) is 14.4. The summed E-state index contributed by atoms with van der Waals surface area (Å²) in [6.45, 7) is 0.0947. The van der Waals surface area contributed by atoms with Gasteiger partial charge in [0.1, 0.15) is 0 Å². The van der Waals surface area contributed by atoms with Crippen LogP contribution in [0.2, 0.25) is 5.02 Å². The van der Waals surface area contributed by atoms with Crippen molar-refractivity contribution in [1.29, 1.82) is 0 Å². The number of nitrogens with one attached hydrogen (secondary N) is 2. The fourth-order valence-electron chi connectivity index (χ4n) is 2.85. The van der Waals surface area contributed by atoms with E-state index in [0.29, 0.717) is 17.1 Å². The zero-order valence-corrected chi connectivity index (χ0v) is 12.2. The van der Waals surface area contributed by atoms with Crippen LogP contribution in [0, 0.1) is 0 Å². The Morgan fingerprint density at radius 2 is 2.05 bits per heavy atom. The molecule has 1 saturated carbocycles. The number of carbonyl (C=O) groups excluding carboxylic acids is 1. The molecular weight excluding hydrogens is 276 g/mol. The van der Waals surface area contributed by atoms with Crippen LogP contribution in [0.1, 0.15) is 38.5 Å². The van der Waals surface area contributed by atoms with Crippen LogP contribution in [0.4, 0.5) is 10.5 Å². The van der Waals surface area contributed by atoms with E-state index in [4.69, 9.17) is 11.6 Å². The standard InChI is InChI=1S/C15H21ClN2O2/c16-12-5-4-6-13(11-12)17-14(20)18-15(9-10-19)7-2-1-3-8-15/h4-6,11,19H,1-3,7-10H2,(H2,17,18,20). The first-order chi connectivity index (χ1) is 9.63. The van der Waals surface area contributed by atoms with Gasteiger partial charge >= 0.3 is 6.03 Å². The minimum atomic E-state index is -0.268. The van der Waals surface area contributed by atoms with Crippen LogP contribution in [-0.2, 0) is 0 Å². The van der Waals surface area contributed by atoms with Gasteiger partial charge in [-0.25, -0.2) is 4.79 Å². The lowest BCUT2D eigenvalue weighted by molar-refractivity contribution is 0.168. The SMILES string of the molecule is O=C(Nc1cccc(Cl)c1)NC1(CCO)CCCCC1. The van der Waals surface area contributed by atoms with Gasteiger partial charge in [-0.1, -0.05) is 36.9 Å². The number of hydrogen-bond acceptors (Lipinski definition) is 2. The summed E-state index contributed by atoms with van der Waals surface area (Å²) in [4.78, 5) is 12.1. The first-order valence-electron chi connectivity index (χ1n) is 7.09. The maximum absolute atomic E-state index is 12.1. The van der Waals surface area contributed by atoms with Gasteiger partial charge in [0, 0.05) is 22.9 Å². The van der Waals surface area contributed by atoms with Crippen molar-refractivity contribution in [2.75, 3.05) is 11.9 Å². The molecule has 1 aliphatic carbocycles. The first kappa shape index (κ1) is 15.1. The minimum absolute atomic E-state index is 0.0947. The lowest BCUT2D eigenvalue weighted by Gasteiger charge is -2.37. The normalized spacial score (nSPS) is 17.5. The molecule has 1 aromatic rings. The van der Waals surface area contributed by atoms with Crippen molar-refractivity contribution in [2.24, 2.45) is 0 Å². The molecule has 1 aliphatic rings. The Labute approximate surface area is 124 Å². The maximum Gasteiger partial charge on any atom is 0.319 e. The number of urea groups is 1. The molecule has 0 aromatic heterocycles. The van der Waals surface area contributed by atoms with E-state index >= 15 is 0 Å². The molecule has 0 radical (unpaired) electrons. The number of anilines is 1. The first-order valence-corrected chi connectivity index (χ1v) is 7.47. The van der Waals surface area contributed by atoms with Gasteiger partial charge in [0.25, 0.3) is 0 Å². The van der Waals surface area contributed by atoms with Gasteiger partial charge in [0.15, 0.2) is 0 Å². The number of amides is 2. The van der Waals surface area contributed by atoms with Crippen LogP contribution in [0.25, 0.3) is 0 Å². The second kappa shape index (κ2) is 6.95. The highest BCUT2D eigenvalue weighted by molar-refractivity contribution is 6.30. The molecule has 0 spiro atoms. The fraction of sp³-hybridized carbons (Fsp3) is 0.533. The van der Waals surface area contributed by atoms with Gasteiger partial charge in [0.05, 0.1) is 0 Å². The molecular formula is C15H21ClN2O2. The van der Waals surface area contributed by atoms with Crippen molar-refractivity contribution < 1.29 is 9.90 Å². The zero-order valence-electron chi connectivity index (χ0n) is 11.5. The quantitative estimate of drug-likeness (QED) is 0.796. The molecule has 0 atom stereocenters. The van der Waals surface area contributed by atoms with Gasteiger partial charge < -0.3 is 15.7 Å². The Morgan fingerprint density at radius 1 is 1.30 bits per heavy atom. The molecule has 5 heteroatoms. The second-order valence-corrected chi connectivity index (χ2v) is 5.84. The van der Waals surface area contributed by atoms with E-state index in [2.05, 4.69) is 10.6 Å². The van der Waals surface area contributed by atoms with E-state index < -0.39 is 0 Å². The van der Waals surface area contributed by atoms with Crippen LogP contribution in [0.3, 0.4) is 0 Å². The van der Waals surface area contributed by atoms with Crippen molar-refractivity contribution in [1.82, 2.24) is 5.32 Å². The summed E-state index contributed by atoms with van der Waals surface area (Å²) in [5, 5.41) is 15.7. The predicted molar refractivity (Wildman–Crippen MR) is 81.1 cm³/mol. The number of benzene rings is 1. The summed E-state index contributed by atoms with van der Waals surface area (Å²) in [6, 6.07) is 6.83. The predicted octanol–water partition coefficient (Wildman–Crippen LogP) is 3.55. The van der Waals surface area contributed by atoms with E-state index in [9.17, 15) is 9.90 Å². The lowest BCUT2D eigenvalue weighted by Crippen LogP contribution is -2.51. The Kier molecular flexibility index (Phi) is 5.26. The largest absolute Gasteiger partial charge is 0.396 e. The van der Waals surface area contributed by atoms with Crippen LogP contribution >= 0.6 is 11.6 Å². The van der Waals surface area contributed by atoms with Gasteiger partial charge in [-0.3, -0.25) is 0 Å². The summed E-state index contributed by atoms with van der Waals surface area (Å²) in [5.41, 5.74) is 0.403. The molecule has 0 aliphatic heterocycles. The topological polar surface area (TPSA) is 61.4 Å². The van der Waals surface area contributed by atoms with Crippen molar-refractivity contribution in [3.8, 4) is 0 Å². The maximum atomic E-state index is 12.1. The third-order valence-electron chi connectivity index (χ3n) is 3.86. The molecule has 0 bridgehead atoms. The summed E-state index contributed by atoms with van der Waals surface area (Å²) in [7, 11) is 0. The lowest BCUT2D eigenvalue weighted by atomic mass is 9.79. The third-order valence-corrected chi connectivity index (χ3v) is 4.10. The molecule has 0 heterocycles. The number of hydrogen-bond donors (Lipinski definition) is 3. The summed E-state index contributed by atoms with van der Waals surface area (Å²) in [6.07, 6.45) is 5.85. The molecule has 4 nitrogen and oxygen atoms in total. The van der Waals surface area contributed by atoms with E-state index in [1.54, 1.807) is 24.3 Å². The molecule has 20 heavy (non-hydrogen) atoms. The van der Waals surface area contributed by atoms with Crippen LogP contribution in [0.15, 0.2) is 24.3 Å². The minimum Gasteiger partial charge on any atom is -0.396 e. The summed E-state index contributed by atoms with van der Waals surface area (Å²) >= 11 is 5.89. The molecule has 110 valence electrons. The molecule has 0 unspecified atom stereocenters. The monoisotopic (exact) mass is 296 g/mol. The Bertz CT molecular complexity index is 453. The fourth-order valence-corrected chi connectivity index (χ4v) is 3.04. The molecule has 2 rings (SSSR count). The van der Waals surface area contributed by atoms with Crippen molar-refractivity contribution >= 4 is 23.3 Å². The van der Waals surface area contributed by atoms with Crippen LogP contribution < -0.4 is 10.6 Å². The van der Waals surface area contributed by atoms with E-state index in [1.165, 1.54) is 6.42 Å². The van der Waals surface area contributed by atoms with Gasteiger partial charge in [0.2, 0.25) is 0 Å². The molecule has 0 saturated heterocycles. The number of halogens is 1. The molecule has 1 aromatic carbocycles. The smallest absolute Gasteiger partial charge is 0.319 e. The molecule has 1 fully saturated rings. The highest BCUT2D eigenvalue weighted by Gasteiger charge is 2.32. The number of aliphatic hydroxyl groups excluding tert-OH is 1. The average molecular weight is 297 g/mol. The van der Waals surface area contributed by atoms with Crippen molar-refractivity contribution in [3.63, 3.8) is 0 Å². The average Bonchev–Trinajstić information content (AvgIpc) is 2.39. The van der Waals surface area contributed by atoms with Gasteiger partial charge in [-0.2, -0.15) is 0 Å². The Hall–Kier alpha value is -1.26. The summed E-state index contributed by atoms with van der Waals surface area (Å²) in [5.74, 6) is 0. The van der Waals surface area contributed by atoms with E-state index in [1.807, 2.05) is 0 Å². The van der Waals surface area contributed by atoms with Gasteiger partial charge in [-0.15, -0.1) is 0 Å². The summed E-state index contributed by atoms with van der Waals surface area (Å²) < 4.78 is 0. The van der Waals surface area contributed by atoms with E-state index in [0.717, 1.165) is 25.7 Å². The van der Waals surface area contributed by atoms with Crippen molar-refractivity contribution in [2.45, 2.75) is 44.1 Å². The Morgan fingerprint density at radius 3 is 2.70 bits per heavy atom. The van der Waals surface area contributed by atoms with Crippen molar-refractivity contribution in [3.05, 3.63) is 29.3 Å². The number of rotatable bonds is 4. The number of carbonyl (C=O) groups is 1. The van der Waals surface area contributed by atoms with Gasteiger partial charge in [-0.05, 0) is 37.5 Å². The van der Waals surface area contributed by atoms with Crippen LogP contribution in [0.5, 0.6) is 0 Å². The molecule has 3 N–H and O–H groups in total. The number of aliphatic hydroxyl groups is 1. The third kappa shape index (κ3) is 4.12. The Balaban J connectivity index is 1.97. The highest BCUT2D eigenvalue weighted by Crippen LogP contribution is 2.31. The highest BCUT2D eigenvalue weighted by atomic mass is 35.5. The molecule has 2 amide bonds. The van der Waals surface area contributed by atoms with Crippen LogP contribution in [-0.4, -0.2) is 23.3 Å². The second-order valence-electron chi connectivity index (χ2n) is 5.40. The van der Waals surface area contributed by atoms with E-state index in [-0.39, 0.29) is 18.2 Å².